The molecule has 4 rings (SSSR count). The summed E-state index contributed by atoms with van der Waals surface area (Å²) in [5.41, 5.74) is 5.92. The summed E-state index contributed by atoms with van der Waals surface area (Å²) in [6.45, 7) is 0.747. The molecule has 2 N–H and O–H groups in total. The first-order chi connectivity index (χ1) is 5.80. The van der Waals surface area contributed by atoms with Crippen LogP contribution in [0.4, 0.5) is 0 Å². The van der Waals surface area contributed by atoms with Gasteiger partial charge in [0, 0.05) is 6.54 Å². The first-order valence-corrected chi connectivity index (χ1v) is 5.17. The summed E-state index contributed by atoms with van der Waals surface area (Å²) in [5.74, 6) is 1.89. The topological polar surface area (TPSA) is 35.2 Å². The van der Waals surface area contributed by atoms with Crippen LogP contribution in [0.5, 0.6) is 0 Å². The third kappa shape index (κ3) is 0.882. The van der Waals surface area contributed by atoms with Crippen molar-refractivity contribution in [2.45, 2.75) is 43.8 Å². The molecule has 4 fully saturated rings. The maximum absolute atomic E-state index is 6.03. The molecule has 2 aliphatic carbocycles. The smallest absolute Gasteiger partial charge is 0.0813 e. The van der Waals surface area contributed by atoms with Gasteiger partial charge in [0.1, 0.15) is 0 Å². The number of hydrogen-bond donors (Lipinski definition) is 1. The van der Waals surface area contributed by atoms with Crippen molar-refractivity contribution >= 4 is 0 Å². The number of rotatable bonds is 1. The second-order valence-electron chi connectivity index (χ2n) is 4.97. The van der Waals surface area contributed by atoms with Gasteiger partial charge in [0.25, 0.3) is 0 Å². The van der Waals surface area contributed by atoms with Crippen LogP contribution in [-0.2, 0) is 4.74 Å². The van der Waals surface area contributed by atoms with Gasteiger partial charge in [0.05, 0.1) is 11.7 Å². The Bertz CT molecular complexity index is 167. The molecule has 2 nitrogen and oxygen atoms in total. The van der Waals surface area contributed by atoms with E-state index in [-0.39, 0.29) is 5.60 Å². The second-order valence-corrected chi connectivity index (χ2v) is 4.97. The molecule has 0 aromatic heterocycles. The Morgan fingerprint density at radius 2 is 1.83 bits per heavy atom. The minimum absolute atomic E-state index is 0.120. The van der Waals surface area contributed by atoms with Gasteiger partial charge in [-0.2, -0.15) is 0 Å². The number of nitrogens with two attached hydrogens (primary N) is 1. The first-order valence-electron chi connectivity index (χ1n) is 5.17. The minimum atomic E-state index is 0.120. The average Bonchev–Trinajstić information content (AvgIpc) is 2.02. The number of ether oxygens (including phenoxy) is 1. The van der Waals surface area contributed by atoms with E-state index in [1.165, 1.54) is 32.1 Å². The van der Waals surface area contributed by atoms with Gasteiger partial charge in [-0.05, 0) is 43.9 Å². The molecular formula is C10H17NO. The molecule has 2 unspecified atom stereocenters. The van der Waals surface area contributed by atoms with E-state index in [2.05, 4.69) is 0 Å². The molecule has 0 radical (unpaired) electrons. The average molecular weight is 167 g/mol. The van der Waals surface area contributed by atoms with Crippen molar-refractivity contribution in [1.29, 1.82) is 0 Å². The standard InChI is InChI=1S/C10H17NO/c11-6-10-4-7-1-8(5-10)3-9(2-7)12-10/h7-9H,1-6,11H2. The molecule has 68 valence electrons. The third-order valence-electron chi connectivity index (χ3n) is 3.97. The lowest BCUT2D eigenvalue weighted by Gasteiger charge is -2.56. The van der Waals surface area contributed by atoms with Gasteiger partial charge in [-0.1, -0.05) is 0 Å². The molecule has 0 amide bonds. The SMILES string of the molecule is NCC12CC3CC(CC(C3)O1)C2. The summed E-state index contributed by atoms with van der Waals surface area (Å²) in [7, 11) is 0. The van der Waals surface area contributed by atoms with Gasteiger partial charge in [-0.3, -0.25) is 0 Å². The predicted molar refractivity (Wildman–Crippen MR) is 46.7 cm³/mol. The van der Waals surface area contributed by atoms with Crippen LogP contribution in [0.25, 0.3) is 0 Å². The van der Waals surface area contributed by atoms with Gasteiger partial charge in [-0.15, -0.1) is 0 Å². The van der Waals surface area contributed by atoms with E-state index in [9.17, 15) is 0 Å². The fourth-order valence-corrected chi connectivity index (χ4v) is 3.73. The molecule has 2 saturated heterocycles. The lowest BCUT2D eigenvalue weighted by molar-refractivity contribution is -0.214. The zero-order valence-electron chi connectivity index (χ0n) is 7.46. The van der Waals surface area contributed by atoms with E-state index >= 15 is 0 Å². The summed E-state index contributed by atoms with van der Waals surface area (Å²) >= 11 is 0. The zero-order valence-corrected chi connectivity index (χ0v) is 7.46. The van der Waals surface area contributed by atoms with Crippen molar-refractivity contribution in [3.05, 3.63) is 0 Å². The molecular weight excluding hydrogens is 150 g/mol. The van der Waals surface area contributed by atoms with Crippen LogP contribution in [0.15, 0.2) is 0 Å². The predicted octanol–water partition coefficient (Wildman–Crippen LogP) is 1.29. The van der Waals surface area contributed by atoms with Gasteiger partial charge in [0.2, 0.25) is 0 Å². The Kier molecular flexibility index (Phi) is 1.37. The summed E-state index contributed by atoms with van der Waals surface area (Å²) < 4.78 is 6.03. The van der Waals surface area contributed by atoms with Crippen LogP contribution in [0.1, 0.15) is 32.1 Å². The molecule has 2 heteroatoms. The normalized spacial score (nSPS) is 56.2. The van der Waals surface area contributed by atoms with Crippen molar-refractivity contribution in [2.75, 3.05) is 6.54 Å². The molecule has 0 aromatic carbocycles. The van der Waals surface area contributed by atoms with Crippen LogP contribution >= 0.6 is 0 Å². The highest BCUT2D eigenvalue weighted by Crippen LogP contribution is 2.52. The molecule has 2 heterocycles. The highest BCUT2D eigenvalue weighted by Gasteiger charge is 2.51. The monoisotopic (exact) mass is 167 g/mol. The Labute approximate surface area is 73.5 Å². The minimum Gasteiger partial charge on any atom is -0.370 e. The van der Waals surface area contributed by atoms with Crippen LogP contribution in [0.3, 0.4) is 0 Å². The molecule has 4 bridgehead atoms. The molecule has 12 heavy (non-hydrogen) atoms. The van der Waals surface area contributed by atoms with Gasteiger partial charge >= 0.3 is 0 Å². The summed E-state index contributed by atoms with van der Waals surface area (Å²) in [6, 6.07) is 0. The quantitative estimate of drug-likeness (QED) is 0.638. The number of hydrogen-bond acceptors (Lipinski definition) is 2. The van der Waals surface area contributed by atoms with Crippen LogP contribution < -0.4 is 5.73 Å². The second kappa shape index (κ2) is 2.24. The molecule has 0 spiro atoms. The molecule has 2 atom stereocenters. The van der Waals surface area contributed by atoms with Crippen molar-refractivity contribution in [1.82, 2.24) is 0 Å². The lowest BCUT2D eigenvalue weighted by atomic mass is 9.62. The Morgan fingerprint density at radius 1 is 1.17 bits per heavy atom. The largest absolute Gasteiger partial charge is 0.370 e. The first kappa shape index (κ1) is 7.34. The van der Waals surface area contributed by atoms with Gasteiger partial charge in [-0.25, -0.2) is 0 Å². The molecule has 2 aliphatic heterocycles. The lowest BCUT2D eigenvalue weighted by Crippen LogP contribution is -2.58. The third-order valence-corrected chi connectivity index (χ3v) is 3.97. The molecule has 2 saturated carbocycles. The Hall–Kier alpha value is -0.0800. The van der Waals surface area contributed by atoms with E-state index in [1.807, 2.05) is 0 Å². The highest BCUT2D eigenvalue weighted by atomic mass is 16.5. The maximum atomic E-state index is 6.03. The van der Waals surface area contributed by atoms with Crippen molar-refractivity contribution in [3.8, 4) is 0 Å². The Morgan fingerprint density at radius 3 is 2.33 bits per heavy atom. The van der Waals surface area contributed by atoms with E-state index in [4.69, 9.17) is 10.5 Å². The van der Waals surface area contributed by atoms with Crippen LogP contribution in [0.2, 0.25) is 0 Å². The molecule has 4 aliphatic rings. The van der Waals surface area contributed by atoms with E-state index in [0.717, 1.165) is 18.4 Å². The van der Waals surface area contributed by atoms with Gasteiger partial charge in [0.15, 0.2) is 0 Å². The van der Waals surface area contributed by atoms with Gasteiger partial charge < -0.3 is 10.5 Å². The zero-order chi connectivity index (χ0) is 8.18. The Balaban J connectivity index is 1.90. The van der Waals surface area contributed by atoms with Crippen molar-refractivity contribution in [2.24, 2.45) is 17.6 Å². The van der Waals surface area contributed by atoms with E-state index in [1.54, 1.807) is 0 Å². The van der Waals surface area contributed by atoms with Crippen LogP contribution in [-0.4, -0.2) is 18.2 Å². The molecule has 0 aromatic rings. The summed E-state index contributed by atoms with van der Waals surface area (Å²) in [4.78, 5) is 0. The van der Waals surface area contributed by atoms with E-state index in [0.29, 0.717) is 6.10 Å². The fourth-order valence-electron chi connectivity index (χ4n) is 3.73. The van der Waals surface area contributed by atoms with E-state index < -0.39 is 0 Å². The fraction of sp³-hybridized carbons (Fsp3) is 1.00. The van der Waals surface area contributed by atoms with Crippen molar-refractivity contribution in [3.63, 3.8) is 0 Å². The highest BCUT2D eigenvalue weighted by molar-refractivity contribution is 5.02. The maximum Gasteiger partial charge on any atom is 0.0813 e. The summed E-state index contributed by atoms with van der Waals surface area (Å²) in [5, 5.41) is 0. The van der Waals surface area contributed by atoms with Crippen LogP contribution in [0, 0.1) is 11.8 Å². The summed E-state index contributed by atoms with van der Waals surface area (Å²) in [6.07, 6.45) is 7.16. The van der Waals surface area contributed by atoms with Crippen molar-refractivity contribution < 1.29 is 4.74 Å².